The maximum absolute atomic E-state index is 11.6. The summed E-state index contributed by atoms with van der Waals surface area (Å²) in [6, 6.07) is 0. The lowest BCUT2D eigenvalue weighted by Crippen LogP contribution is -2.02. The number of aromatic nitrogens is 3. The van der Waals surface area contributed by atoms with Crippen LogP contribution in [0.2, 0.25) is 0 Å². The van der Waals surface area contributed by atoms with Crippen molar-refractivity contribution in [1.82, 2.24) is 15.0 Å². The van der Waals surface area contributed by atoms with Gasteiger partial charge in [-0.3, -0.25) is 0 Å². The molecule has 16 heavy (non-hydrogen) atoms. The van der Waals surface area contributed by atoms with E-state index in [1.165, 1.54) is 13.4 Å². The van der Waals surface area contributed by atoms with Gasteiger partial charge < -0.3 is 4.74 Å². The van der Waals surface area contributed by atoms with Gasteiger partial charge >= 0.3 is 0 Å². The molecule has 0 bridgehead atoms. The van der Waals surface area contributed by atoms with Crippen LogP contribution in [0.15, 0.2) is 10.7 Å². The van der Waals surface area contributed by atoms with E-state index in [1.54, 1.807) is 6.92 Å². The molecule has 0 unspecified atom stereocenters. The SMILES string of the molecule is CCS(=O)(=O)c1nc2c(OC)ncnc2s1. The number of sulfone groups is 1. The van der Waals surface area contributed by atoms with Crippen LogP contribution in [-0.2, 0) is 9.84 Å². The molecule has 0 aliphatic heterocycles. The molecule has 0 aliphatic carbocycles. The molecule has 2 aromatic heterocycles. The first kappa shape index (κ1) is 11.2. The fourth-order valence-electron chi connectivity index (χ4n) is 1.12. The lowest BCUT2D eigenvalue weighted by molar-refractivity contribution is 0.401. The first-order chi connectivity index (χ1) is 7.58. The summed E-state index contributed by atoms with van der Waals surface area (Å²) in [7, 11) is -1.85. The molecule has 0 atom stereocenters. The summed E-state index contributed by atoms with van der Waals surface area (Å²) in [4.78, 5) is 12.3. The molecule has 2 heterocycles. The number of rotatable bonds is 3. The molecule has 0 saturated carbocycles. The predicted octanol–water partition coefficient (Wildman–Crippen LogP) is 0.889. The van der Waals surface area contributed by atoms with Crippen molar-refractivity contribution in [1.29, 1.82) is 0 Å². The van der Waals surface area contributed by atoms with Crippen molar-refractivity contribution < 1.29 is 13.2 Å². The lowest BCUT2D eigenvalue weighted by Gasteiger charge is -1.96. The van der Waals surface area contributed by atoms with Crippen LogP contribution < -0.4 is 4.74 Å². The molecular weight excluding hydrogens is 250 g/mol. The number of hydrogen-bond donors (Lipinski definition) is 0. The first-order valence-electron chi connectivity index (χ1n) is 4.46. The second-order valence-corrected chi connectivity index (χ2v) is 6.35. The fraction of sp³-hybridized carbons (Fsp3) is 0.375. The predicted molar refractivity (Wildman–Crippen MR) is 59.5 cm³/mol. The third-order valence-electron chi connectivity index (χ3n) is 1.98. The lowest BCUT2D eigenvalue weighted by atomic mass is 10.6. The van der Waals surface area contributed by atoms with E-state index in [1.807, 2.05) is 0 Å². The van der Waals surface area contributed by atoms with Crippen LogP contribution in [0.4, 0.5) is 0 Å². The molecule has 0 saturated heterocycles. The number of hydrogen-bond acceptors (Lipinski definition) is 7. The number of methoxy groups -OCH3 is 1. The molecule has 0 aromatic carbocycles. The Morgan fingerprint density at radius 1 is 1.44 bits per heavy atom. The monoisotopic (exact) mass is 259 g/mol. The van der Waals surface area contributed by atoms with E-state index >= 15 is 0 Å². The Hall–Kier alpha value is -1.28. The summed E-state index contributed by atoms with van der Waals surface area (Å²) in [5.41, 5.74) is 0.391. The summed E-state index contributed by atoms with van der Waals surface area (Å²) in [6.07, 6.45) is 1.32. The number of fused-ring (bicyclic) bond motifs is 1. The maximum Gasteiger partial charge on any atom is 0.244 e. The Morgan fingerprint density at radius 3 is 2.81 bits per heavy atom. The van der Waals surface area contributed by atoms with Gasteiger partial charge in [0, 0.05) is 0 Å². The van der Waals surface area contributed by atoms with Gasteiger partial charge in [0.15, 0.2) is 10.3 Å². The van der Waals surface area contributed by atoms with Gasteiger partial charge in [-0.05, 0) is 0 Å². The Labute approximate surface area is 96.2 Å². The fourth-order valence-corrected chi connectivity index (χ4v) is 3.33. The Morgan fingerprint density at radius 2 is 2.19 bits per heavy atom. The van der Waals surface area contributed by atoms with Gasteiger partial charge in [0.25, 0.3) is 0 Å². The van der Waals surface area contributed by atoms with E-state index in [9.17, 15) is 8.42 Å². The summed E-state index contributed by atoms with van der Waals surface area (Å²) in [5.74, 6) is 0.307. The standard InChI is InChI=1S/C8H9N3O3S2/c1-3-16(12,13)8-11-5-6(14-2)9-4-10-7(5)15-8/h4H,3H2,1-2H3. The van der Waals surface area contributed by atoms with Crippen LogP contribution in [0.25, 0.3) is 10.3 Å². The third-order valence-corrected chi connectivity index (χ3v) is 5.13. The normalized spacial score (nSPS) is 11.9. The average Bonchev–Trinajstić information content (AvgIpc) is 2.73. The van der Waals surface area contributed by atoms with Crippen LogP contribution >= 0.6 is 11.3 Å². The minimum Gasteiger partial charge on any atom is -0.479 e. The van der Waals surface area contributed by atoms with Gasteiger partial charge in [-0.1, -0.05) is 18.3 Å². The number of thiazole rings is 1. The maximum atomic E-state index is 11.6. The molecule has 0 N–H and O–H groups in total. The van der Waals surface area contributed by atoms with Gasteiger partial charge in [0.2, 0.25) is 20.1 Å². The molecule has 6 nitrogen and oxygen atoms in total. The Balaban J connectivity index is 2.70. The minimum absolute atomic E-state index is 0.0164. The first-order valence-corrected chi connectivity index (χ1v) is 6.93. The highest BCUT2D eigenvalue weighted by atomic mass is 32.2. The molecule has 8 heteroatoms. The highest BCUT2D eigenvalue weighted by Crippen LogP contribution is 2.28. The zero-order valence-electron chi connectivity index (χ0n) is 8.67. The number of nitrogens with zero attached hydrogens (tertiary/aromatic N) is 3. The second-order valence-electron chi connectivity index (χ2n) is 2.92. The average molecular weight is 259 g/mol. The topological polar surface area (TPSA) is 82.0 Å². The molecule has 0 radical (unpaired) electrons. The largest absolute Gasteiger partial charge is 0.479 e. The highest BCUT2D eigenvalue weighted by molar-refractivity contribution is 7.93. The third kappa shape index (κ3) is 1.74. The molecule has 0 aliphatic rings. The Kier molecular flexibility index (Phi) is 2.76. The van der Waals surface area contributed by atoms with E-state index in [0.717, 1.165) is 11.3 Å². The Bertz CT molecular complexity index is 620. The van der Waals surface area contributed by atoms with Crippen LogP contribution in [0.5, 0.6) is 5.88 Å². The highest BCUT2D eigenvalue weighted by Gasteiger charge is 2.20. The van der Waals surface area contributed by atoms with Gasteiger partial charge in [0.05, 0.1) is 12.9 Å². The van der Waals surface area contributed by atoms with Crippen LogP contribution in [0.3, 0.4) is 0 Å². The van der Waals surface area contributed by atoms with Crippen molar-refractivity contribution in [2.45, 2.75) is 11.3 Å². The zero-order chi connectivity index (χ0) is 11.8. The van der Waals surface area contributed by atoms with Gasteiger partial charge in [0.1, 0.15) is 6.33 Å². The van der Waals surface area contributed by atoms with Gasteiger partial charge in [-0.15, -0.1) is 0 Å². The van der Waals surface area contributed by atoms with E-state index in [4.69, 9.17) is 4.74 Å². The van der Waals surface area contributed by atoms with Crippen molar-refractivity contribution in [3.8, 4) is 5.88 Å². The smallest absolute Gasteiger partial charge is 0.244 e. The van der Waals surface area contributed by atoms with E-state index < -0.39 is 9.84 Å². The molecule has 0 spiro atoms. The van der Waals surface area contributed by atoms with Crippen molar-refractivity contribution >= 4 is 31.5 Å². The molecule has 2 rings (SSSR count). The second kappa shape index (κ2) is 3.95. The molecule has 0 fully saturated rings. The van der Waals surface area contributed by atoms with Crippen LogP contribution in [0, 0.1) is 0 Å². The molecule has 2 aromatic rings. The van der Waals surface area contributed by atoms with Crippen molar-refractivity contribution in [2.24, 2.45) is 0 Å². The van der Waals surface area contributed by atoms with Crippen molar-refractivity contribution in [2.75, 3.05) is 12.9 Å². The number of ether oxygens (including phenoxy) is 1. The molecule has 0 amide bonds. The quantitative estimate of drug-likeness (QED) is 0.814. The van der Waals surface area contributed by atoms with Crippen LogP contribution in [-0.4, -0.2) is 36.2 Å². The van der Waals surface area contributed by atoms with Crippen LogP contribution in [0.1, 0.15) is 6.92 Å². The van der Waals surface area contributed by atoms with Crippen molar-refractivity contribution in [3.05, 3.63) is 6.33 Å². The van der Waals surface area contributed by atoms with Crippen molar-refractivity contribution in [3.63, 3.8) is 0 Å². The van der Waals surface area contributed by atoms with Gasteiger partial charge in [-0.25, -0.2) is 18.4 Å². The minimum atomic E-state index is -3.30. The summed E-state index contributed by atoms with van der Waals surface area (Å²) >= 11 is 1.03. The van der Waals surface area contributed by atoms with E-state index in [-0.39, 0.29) is 10.1 Å². The zero-order valence-corrected chi connectivity index (χ0v) is 10.3. The summed E-state index contributed by atoms with van der Waals surface area (Å²) in [5, 5.41) is 0. The summed E-state index contributed by atoms with van der Waals surface area (Å²) < 4.78 is 28.3. The van der Waals surface area contributed by atoms with E-state index in [0.29, 0.717) is 16.2 Å². The molecule has 86 valence electrons. The molecular formula is C8H9N3O3S2. The summed E-state index contributed by atoms with van der Waals surface area (Å²) in [6.45, 7) is 1.57. The van der Waals surface area contributed by atoms with E-state index in [2.05, 4.69) is 15.0 Å². The van der Waals surface area contributed by atoms with Gasteiger partial charge in [-0.2, -0.15) is 4.98 Å².